The van der Waals surface area contributed by atoms with Crippen molar-refractivity contribution < 1.29 is 22.6 Å². The van der Waals surface area contributed by atoms with Gasteiger partial charge in [-0.15, -0.1) is 0 Å². The van der Waals surface area contributed by atoms with Gasteiger partial charge in [0.25, 0.3) is 0 Å². The molecule has 3 aromatic rings. The van der Waals surface area contributed by atoms with Gasteiger partial charge in [-0.25, -0.2) is 4.98 Å². The Hall–Kier alpha value is -2.77. The van der Waals surface area contributed by atoms with E-state index in [9.17, 15) is 13.2 Å². The average molecular weight is 351 g/mol. The highest BCUT2D eigenvalue weighted by Gasteiger charge is 2.26. The number of pyridine rings is 2. The Bertz CT molecular complexity index is 913. The first kappa shape index (κ1) is 17.1. The summed E-state index contributed by atoms with van der Waals surface area (Å²) < 4.78 is 47.2. The Balaban J connectivity index is 1.90. The maximum atomic E-state index is 12.1. The molecule has 0 radical (unpaired) electrons. The van der Waals surface area contributed by atoms with Gasteiger partial charge < -0.3 is 15.2 Å². The first-order valence-corrected chi connectivity index (χ1v) is 7.59. The molecule has 0 aliphatic heterocycles. The number of hydrogen-bond donors (Lipinski definition) is 1. The summed E-state index contributed by atoms with van der Waals surface area (Å²) in [5.74, 6) is 1.37. The van der Waals surface area contributed by atoms with Crippen molar-refractivity contribution in [1.29, 1.82) is 0 Å². The number of anilines is 1. The fourth-order valence-corrected chi connectivity index (χ4v) is 2.60. The van der Waals surface area contributed by atoms with E-state index in [1.54, 1.807) is 30.6 Å². The average Bonchev–Trinajstić information content (AvgIpc) is 2.58. The van der Waals surface area contributed by atoms with Crippen molar-refractivity contribution in [3.05, 3.63) is 30.6 Å². The zero-order chi connectivity index (χ0) is 18.0. The summed E-state index contributed by atoms with van der Waals surface area (Å²) in [6, 6.07) is 5.15. The Labute approximate surface area is 141 Å². The summed E-state index contributed by atoms with van der Waals surface area (Å²) in [5, 5.41) is 2.25. The van der Waals surface area contributed by atoms with Crippen molar-refractivity contribution >= 4 is 27.5 Å². The Morgan fingerprint density at radius 3 is 2.64 bits per heavy atom. The third-order valence-corrected chi connectivity index (χ3v) is 3.78. The van der Waals surface area contributed by atoms with Gasteiger partial charge in [0, 0.05) is 34.8 Å². The molecule has 3 rings (SSSR count). The molecule has 0 amide bonds. The second-order valence-corrected chi connectivity index (χ2v) is 5.50. The third-order valence-electron chi connectivity index (χ3n) is 3.78. The summed E-state index contributed by atoms with van der Waals surface area (Å²) in [6.07, 6.45) is -2.00. The number of nitrogens with zero attached hydrogens (tertiary/aromatic N) is 2. The maximum absolute atomic E-state index is 12.1. The summed E-state index contributed by atoms with van der Waals surface area (Å²) in [7, 11) is 1.54. The molecule has 2 N–H and O–H groups in total. The molecule has 0 aliphatic rings. The molecule has 1 aromatic carbocycles. The van der Waals surface area contributed by atoms with Gasteiger partial charge in [-0.05, 0) is 18.6 Å². The molecule has 0 bridgehead atoms. The molecule has 132 valence electrons. The lowest BCUT2D eigenvalue weighted by atomic mass is 10.1. The standard InChI is InChI=1S/C17H16F3N3O2/c1-24-14-9-23-16(21)12-8-22-13-7-10(3-4-11(13)15(12)14)25-6-2-5-17(18,19)20/h3-4,7-9H,2,5-6H2,1H3,(H2,21,23). The van der Waals surface area contributed by atoms with Crippen molar-refractivity contribution in [3.63, 3.8) is 0 Å². The molecule has 0 unspecified atom stereocenters. The highest BCUT2D eigenvalue weighted by molar-refractivity contribution is 6.11. The lowest BCUT2D eigenvalue weighted by molar-refractivity contribution is -0.136. The zero-order valence-corrected chi connectivity index (χ0v) is 13.4. The Kier molecular flexibility index (Phi) is 4.52. The number of methoxy groups -OCH3 is 1. The summed E-state index contributed by atoms with van der Waals surface area (Å²) in [4.78, 5) is 8.41. The van der Waals surface area contributed by atoms with E-state index >= 15 is 0 Å². The highest BCUT2D eigenvalue weighted by Crippen LogP contribution is 2.34. The van der Waals surface area contributed by atoms with Crippen LogP contribution in [0.5, 0.6) is 11.5 Å². The SMILES string of the molecule is COc1cnc(N)c2cnc3cc(OCCCC(F)(F)F)ccc3c12. The molecule has 0 saturated carbocycles. The van der Waals surface area contributed by atoms with Crippen molar-refractivity contribution in [2.24, 2.45) is 0 Å². The molecule has 0 saturated heterocycles. The van der Waals surface area contributed by atoms with E-state index in [4.69, 9.17) is 15.2 Å². The van der Waals surface area contributed by atoms with Crippen LogP contribution in [0.2, 0.25) is 0 Å². The second-order valence-electron chi connectivity index (χ2n) is 5.50. The number of alkyl halides is 3. The molecular formula is C17H16F3N3O2. The summed E-state index contributed by atoms with van der Waals surface area (Å²) >= 11 is 0. The van der Waals surface area contributed by atoms with Crippen LogP contribution in [0.1, 0.15) is 12.8 Å². The smallest absolute Gasteiger partial charge is 0.389 e. The lowest BCUT2D eigenvalue weighted by Gasteiger charge is -2.11. The van der Waals surface area contributed by atoms with E-state index in [2.05, 4.69) is 9.97 Å². The van der Waals surface area contributed by atoms with E-state index in [1.807, 2.05) is 0 Å². The van der Waals surface area contributed by atoms with Crippen molar-refractivity contribution in [3.8, 4) is 11.5 Å². The molecular weight excluding hydrogens is 335 g/mol. The molecule has 0 aliphatic carbocycles. The van der Waals surface area contributed by atoms with Crippen LogP contribution in [-0.2, 0) is 0 Å². The van der Waals surface area contributed by atoms with Crippen LogP contribution in [-0.4, -0.2) is 29.9 Å². The van der Waals surface area contributed by atoms with Crippen molar-refractivity contribution in [2.75, 3.05) is 19.5 Å². The first-order chi connectivity index (χ1) is 11.9. The van der Waals surface area contributed by atoms with Gasteiger partial charge in [-0.2, -0.15) is 13.2 Å². The minimum absolute atomic E-state index is 0.0151. The lowest BCUT2D eigenvalue weighted by Crippen LogP contribution is -2.09. The number of nitrogen functional groups attached to an aromatic ring is 1. The zero-order valence-electron chi connectivity index (χ0n) is 13.4. The van der Waals surface area contributed by atoms with Gasteiger partial charge in [0.1, 0.15) is 17.3 Å². The minimum Gasteiger partial charge on any atom is -0.494 e. The largest absolute Gasteiger partial charge is 0.494 e. The van der Waals surface area contributed by atoms with Crippen LogP contribution in [0.4, 0.5) is 19.0 Å². The van der Waals surface area contributed by atoms with Crippen LogP contribution < -0.4 is 15.2 Å². The molecule has 2 aromatic heterocycles. The Morgan fingerprint density at radius 1 is 1.12 bits per heavy atom. The van der Waals surface area contributed by atoms with Gasteiger partial charge in [-0.3, -0.25) is 4.98 Å². The summed E-state index contributed by atoms with van der Waals surface area (Å²) in [5.41, 5.74) is 6.52. The number of halogens is 3. The molecule has 8 heteroatoms. The predicted octanol–water partition coefficient (Wildman–Crippen LogP) is 4.10. The number of hydrogen-bond acceptors (Lipinski definition) is 5. The molecule has 0 fully saturated rings. The van der Waals surface area contributed by atoms with Gasteiger partial charge in [0.2, 0.25) is 0 Å². The van der Waals surface area contributed by atoms with Crippen LogP contribution in [0, 0.1) is 0 Å². The van der Waals surface area contributed by atoms with E-state index in [-0.39, 0.29) is 13.0 Å². The van der Waals surface area contributed by atoms with Gasteiger partial charge in [0.05, 0.1) is 25.4 Å². The molecule has 25 heavy (non-hydrogen) atoms. The molecule has 2 heterocycles. The van der Waals surface area contributed by atoms with E-state index in [1.165, 1.54) is 7.11 Å². The number of aromatic nitrogens is 2. The third kappa shape index (κ3) is 3.67. The molecule has 0 atom stereocenters. The quantitative estimate of drug-likeness (QED) is 0.554. The Morgan fingerprint density at radius 2 is 1.92 bits per heavy atom. The predicted molar refractivity (Wildman–Crippen MR) is 88.8 cm³/mol. The van der Waals surface area contributed by atoms with Gasteiger partial charge in [-0.1, -0.05) is 0 Å². The van der Waals surface area contributed by atoms with Crippen LogP contribution in [0.25, 0.3) is 21.7 Å². The minimum atomic E-state index is -4.17. The number of ether oxygens (including phenoxy) is 2. The van der Waals surface area contributed by atoms with Gasteiger partial charge in [0.15, 0.2) is 0 Å². The van der Waals surface area contributed by atoms with E-state index in [0.717, 1.165) is 10.8 Å². The topological polar surface area (TPSA) is 70.3 Å². The fourth-order valence-electron chi connectivity index (χ4n) is 2.60. The normalized spacial score (nSPS) is 11.8. The number of rotatable bonds is 5. The second kappa shape index (κ2) is 6.62. The molecule has 5 nitrogen and oxygen atoms in total. The van der Waals surface area contributed by atoms with Crippen LogP contribution in [0.15, 0.2) is 30.6 Å². The van der Waals surface area contributed by atoms with Crippen LogP contribution >= 0.6 is 0 Å². The first-order valence-electron chi connectivity index (χ1n) is 7.59. The summed E-state index contributed by atoms with van der Waals surface area (Å²) in [6.45, 7) is -0.0151. The van der Waals surface area contributed by atoms with Crippen LogP contribution in [0.3, 0.4) is 0 Å². The number of fused-ring (bicyclic) bond motifs is 3. The highest BCUT2D eigenvalue weighted by atomic mass is 19.4. The fraction of sp³-hybridized carbons (Fsp3) is 0.294. The number of nitrogens with two attached hydrogens (primary N) is 1. The van der Waals surface area contributed by atoms with E-state index < -0.39 is 12.6 Å². The number of benzene rings is 1. The van der Waals surface area contributed by atoms with Gasteiger partial charge >= 0.3 is 6.18 Å². The van der Waals surface area contributed by atoms with Crippen molar-refractivity contribution in [1.82, 2.24) is 9.97 Å². The van der Waals surface area contributed by atoms with Crippen molar-refractivity contribution in [2.45, 2.75) is 19.0 Å². The monoisotopic (exact) mass is 351 g/mol. The maximum Gasteiger partial charge on any atom is 0.389 e. The molecule has 0 spiro atoms. The van der Waals surface area contributed by atoms with E-state index in [0.29, 0.717) is 28.2 Å².